The van der Waals surface area contributed by atoms with Crippen molar-refractivity contribution >= 4 is 29.1 Å². The first-order chi connectivity index (χ1) is 16.5. The van der Waals surface area contributed by atoms with E-state index in [9.17, 15) is 14.4 Å². The minimum absolute atomic E-state index is 0.162. The van der Waals surface area contributed by atoms with Gasteiger partial charge in [0, 0.05) is 23.4 Å². The summed E-state index contributed by atoms with van der Waals surface area (Å²) in [5.41, 5.74) is 1.81. The van der Waals surface area contributed by atoms with Crippen molar-refractivity contribution in [2.45, 2.75) is 37.8 Å². The van der Waals surface area contributed by atoms with Gasteiger partial charge in [0.1, 0.15) is 17.0 Å². The summed E-state index contributed by atoms with van der Waals surface area (Å²) in [6.07, 6.45) is 2.42. The number of nitrogens with zero attached hydrogens (tertiary/aromatic N) is 2. The first-order valence-corrected chi connectivity index (χ1v) is 11.8. The number of benzene rings is 2. The number of methoxy groups -OCH3 is 2. The summed E-state index contributed by atoms with van der Waals surface area (Å²) in [6, 6.07) is 10.8. The standard InChI is InChI=1S/C26H27N3O5/c1-4-14-7-5-8-16-22(14)27-25(32)26(16)21-20(17-9-6-12-28(17)26)23(30)29(24(21)31)18-13-15(33-2)10-11-19(18)34-3/h5,7-8,10-11,13,17,20-21H,4,6,9,12H2,1-3H3,(H,27,32)/t17-,20-,21-,26+/m1/s1. The maximum Gasteiger partial charge on any atom is 0.250 e. The number of rotatable bonds is 4. The molecule has 0 bridgehead atoms. The number of hydrogen-bond acceptors (Lipinski definition) is 6. The van der Waals surface area contributed by atoms with E-state index in [4.69, 9.17) is 9.47 Å². The molecule has 0 aromatic heterocycles. The van der Waals surface area contributed by atoms with Crippen LogP contribution in [0, 0.1) is 11.8 Å². The van der Waals surface area contributed by atoms with Crippen molar-refractivity contribution in [3.63, 3.8) is 0 Å². The molecule has 2 aromatic rings. The summed E-state index contributed by atoms with van der Waals surface area (Å²) >= 11 is 0. The fourth-order valence-electron chi connectivity index (χ4n) is 6.79. The van der Waals surface area contributed by atoms with E-state index in [0.717, 1.165) is 36.1 Å². The molecule has 4 aliphatic heterocycles. The Morgan fingerprint density at radius 2 is 1.91 bits per heavy atom. The summed E-state index contributed by atoms with van der Waals surface area (Å²) in [6.45, 7) is 2.73. The summed E-state index contributed by atoms with van der Waals surface area (Å²) in [5.74, 6) is -1.30. The average Bonchev–Trinajstić information content (AvgIpc) is 3.56. The zero-order valence-electron chi connectivity index (χ0n) is 19.5. The van der Waals surface area contributed by atoms with Gasteiger partial charge in [0.25, 0.3) is 0 Å². The molecule has 8 heteroatoms. The van der Waals surface area contributed by atoms with E-state index in [1.165, 1.54) is 19.1 Å². The number of imide groups is 1. The fraction of sp³-hybridized carbons (Fsp3) is 0.423. The molecule has 3 amide bonds. The topological polar surface area (TPSA) is 88.2 Å². The number of nitrogens with one attached hydrogen (secondary N) is 1. The number of anilines is 2. The van der Waals surface area contributed by atoms with E-state index >= 15 is 0 Å². The molecule has 6 rings (SSSR count). The van der Waals surface area contributed by atoms with Gasteiger partial charge in [-0.2, -0.15) is 0 Å². The SMILES string of the molecule is CCc1cccc2c1NC(=O)[C@@]21[C@H]2C(=O)N(c3cc(OC)ccc3OC)C(=O)[C@@H]2[C@H]2CCCN21. The molecule has 0 unspecified atom stereocenters. The van der Waals surface area contributed by atoms with Gasteiger partial charge in [-0.15, -0.1) is 0 Å². The van der Waals surface area contributed by atoms with Crippen LogP contribution in [0.3, 0.4) is 0 Å². The van der Waals surface area contributed by atoms with Gasteiger partial charge in [0.2, 0.25) is 17.7 Å². The highest BCUT2D eigenvalue weighted by atomic mass is 16.5. The number of carbonyl (C=O) groups excluding carboxylic acids is 3. The summed E-state index contributed by atoms with van der Waals surface area (Å²) in [7, 11) is 3.04. The highest BCUT2D eigenvalue weighted by Crippen LogP contribution is 2.61. The molecule has 0 radical (unpaired) electrons. The Hall–Kier alpha value is -3.39. The second-order valence-corrected chi connectivity index (χ2v) is 9.37. The fourth-order valence-corrected chi connectivity index (χ4v) is 6.79. The molecule has 4 aliphatic rings. The molecular formula is C26H27N3O5. The van der Waals surface area contributed by atoms with Crippen LogP contribution in [-0.4, -0.2) is 49.4 Å². The van der Waals surface area contributed by atoms with Gasteiger partial charge in [0.15, 0.2) is 0 Å². The lowest BCUT2D eigenvalue weighted by molar-refractivity contribution is -0.135. The number of ether oxygens (including phenoxy) is 2. The lowest BCUT2D eigenvalue weighted by Gasteiger charge is -2.36. The minimum atomic E-state index is -1.18. The molecule has 1 spiro atoms. The third kappa shape index (κ3) is 2.39. The summed E-state index contributed by atoms with van der Waals surface area (Å²) < 4.78 is 10.8. The van der Waals surface area contributed by atoms with Gasteiger partial charge in [-0.1, -0.05) is 25.1 Å². The zero-order valence-corrected chi connectivity index (χ0v) is 19.5. The van der Waals surface area contributed by atoms with Crippen LogP contribution in [0.5, 0.6) is 11.5 Å². The first-order valence-electron chi connectivity index (χ1n) is 11.8. The number of para-hydroxylation sites is 1. The Morgan fingerprint density at radius 1 is 1.09 bits per heavy atom. The molecule has 0 saturated carbocycles. The zero-order chi connectivity index (χ0) is 23.8. The van der Waals surface area contributed by atoms with Crippen LogP contribution in [0.1, 0.15) is 30.9 Å². The van der Waals surface area contributed by atoms with Crippen molar-refractivity contribution < 1.29 is 23.9 Å². The molecule has 8 nitrogen and oxygen atoms in total. The van der Waals surface area contributed by atoms with Crippen LogP contribution in [0.2, 0.25) is 0 Å². The lowest BCUT2D eigenvalue weighted by Crippen LogP contribution is -2.54. The van der Waals surface area contributed by atoms with Crippen LogP contribution < -0.4 is 19.7 Å². The van der Waals surface area contributed by atoms with E-state index in [1.54, 1.807) is 18.2 Å². The van der Waals surface area contributed by atoms with E-state index in [0.29, 0.717) is 23.7 Å². The Morgan fingerprint density at radius 3 is 2.65 bits per heavy atom. The third-order valence-electron chi connectivity index (χ3n) is 8.12. The second kappa shape index (κ2) is 7.30. The first kappa shape index (κ1) is 21.2. The number of fused-ring (bicyclic) bond motifs is 7. The molecular weight excluding hydrogens is 434 g/mol. The van der Waals surface area contributed by atoms with Gasteiger partial charge < -0.3 is 14.8 Å². The van der Waals surface area contributed by atoms with Crippen molar-refractivity contribution in [3.05, 3.63) is 47.5 Å². The third-order valence-corrected chi connectivity index (χ3v) is 8.12. The molecule has 4 atom stereocenters. The molecule has 176 valence electrons. The van der Waals surface area contributed by atoms with Crippen LogP contribution in [0.25, 0.3) is 0 Å². The van der Waals surface area contributed by atoms with Crippen molar-refractivity contribution in [1.82, 2.24) is 4.90 Å². The lowest BCUT2D eigenvalue weighted by atomic mass is 9.75. The Balaban J connectivity index is 1.55. The average molecular weight is 462 g/mol. The molecule has 4 heterocycles. The van der Waals surface area contributed by atoms with Crippen molar-refractivity contribution in [1.29, 1.82) is 0 Å². The maximum atomic E-state index is 14.2. The van der Waals surface area contributed by atoms with Gasteiger partial charge in [0.05, 0.1) is 31.7 Å². The normalized spacial score (nSPS) is 29.4. The molecule has 3 saturated heterocycles. The highest BCUT2D eigenvalue weighted by Gasteiger charge is 2.74. The monoisotopic (exact) mass is 461 g/mol. The molecule has 0 aliphatic carbocycles. The highest BCUT2D eigenvalue weighted by molar-refractivity contribution is 6.26. The smallest absolute Gasteiger partial charge is 0.250 e. The number of amides is 3. The van der Waals surface area contributed by atoms with Crippen LogP contribution >= 0.6 is 0 Å². The van der Waals surface area contributed by atoms with Crippen LogP contribution in [-0.2, 0) is 26.3 Å². The minimum Gasteiger partial charge on any atom is -0.497 e. The Labute approximate surface area is 197 Å². The Bertz CT molecular complexity index is 1240. The molecule has 2 aromatic carbocycles. The largest absolute Gasteiger partial charge is 0.497 e. The van der Waals surface area contributed by atoms with E-state index < -0.39 is 17.4 Å². The van der Waals surface area contributed by atoms with Gasteiger partial charge in [-0.25, -0.2) is 4.90 Å². The predicted molar refractivity (Wildman–Crippen MR) is 125 cm³/mol. The second-order valence-electron chi connectivity index (χ2n) is 9.37. The van der Waals surface area contributed by atoms with Crippen molar-refractivity contribution in [2.24, 2.45) is 11.8 Å². The van der Waals surface area contributed by atoms with Gasteiger partial charge in [-0.3, -0.25) is 19.3 Å². The number of aryl methyl sites for hydroxylation is 1. The van der Waals surface area contributed by atoms with Crippen LogP contribution in [0.15, 0.2) is 36.4 Å². The van der Waals surface area contributed by atoms with Crippen molar-refractivity contribution in [3.8, 4) is 11.5 Å². The van der Waals surface area contributed by atoms with E-state index in [2.05, 4.69) is 10.2 Å². The van der Waals surface area contributed by atoms with Gasteiger partial charge in [-0.05, 0) is 43.5 Å². The van der Waals surface area contributed by atoms with E-state index in [1.807, 2.05) is 25.1 Å². The predicted octanol–water partition coefficient (Wildman–Crippen LogP) is 2.70. The van der Waals surface area contributed by atoms with Crippen LogP contribution in [0.4, 0.5) is 11.4 Å². The summed E-state index contributed by atoms with van der Waals surface area (Å²) in [5, 5.41) is 3.10. The molecule has 34 heavy (non-hydrogen) atoms. The number of carbonyl (C=O) groups is 3. The summed E-state index contributed by atoms with van der Waals surface area (Å²) in [4.78, 5) is 45.3. The maximum absolute atomic E-state index is 14.2. The van der Waals surface area contributed by atoms with E-state index in [-0.39, 0.29) is 23.8 Å². The Kier molecular flexibility index (Phi) is 4.55. The quantitative estimate of drug-likeness (QED) is 0.705. The van der Waals surface area contributed by atoms with Gasteiger partial charge >= 0.3 is 0 Å². The number of hydrogen-bond donors (Lipinski definition) is 1. The van der Waals surface area contributed by atoms with Crippen molar-refractivity contribution in [2.75, 3.05) is 31.0 Å². The molecule has 1 N–H and O–H groups in total. The molecule has 3 fully saturated rings.